The van der Waals surface area contributed by atoms with Gasteiger partial charge in [-0.1, -0.05) is 48.0 Å². The second-order valence-corrected chi connectivity index (χ2v) is 5.44. The molecule has 0 fully saturated rings. The highest BCUT2D eigenvalue weighted by molar-refractivity contribution is 5.32. The van der Waals surface area contributed by atoms with E-state index in [0.29, 0.717) is 6.04 Å². The lowest BCUT2D eigenvalue weighted by Crippen LogP contribution is -2.19. The van der Waals surface area contributed by atoms with Crippen molar-refractivity contribution < 1.29 is 5.11 Å². The van der Waals surface area contributed by atoms with Gasteiger partial charge in [0.25, 0.3) is 0 Å². The molecule has 0 saturated heterocycles. The summed E-state index contributed by atoms with van der Waals surface area (Å²) in [6.45, 7) is 7.42. The van der Waals surface area contributed by atoms with Gasteiger partial charge in [0.2, 0.25) is 0 Å². The minimum absolute atomic E-state index is 0.104. The van der Waals surface area contributed by atoms with Crippen molar-refractivity contribution in [3.8, 4) is 0 Å². The van der Waals surface area contributed by atoms with E-state index in [-0.39, 0.29) is 6.61 Å². The fraction of sp³-hybridized carbons (Fsp3) is 0.333. The molecule has 1 atom stereocenters. The first-order valence-corrected chi connectivity index (χ1v) is 7.09. The minimum atomic E-state index is 0.104. The number of aliphatic hydroxyl groups excluding tert-OH is 1. The standard InChI is InChI=1S/C18H23NO/c1-13-4-9-18(14(2)10-13)15(3)19-11-16-5-7-17(12-20)8-6-16/h4-10,15,19-20H,11-12H2,1-3H3. The van der Waals surface area contributed by atoms with Gasteiger partial charge in [0.05, 0.1) is 6.61 Å². The van der Waals surface area contributed by atoms with Crippen molar-refractivity contribution in [2.75, 3.05) is 0 Å². The summed E-state index contributed by atoms with van der Waals surface area (Å²) in [5, 5.41) is 12.6. The van der Waals surface area contributed by atoms with Crippen LogP contribution in [0.4, 0.5) is 0 Å². The fourth-order valence-electron chi connectivity index (χ4n) is 2.45. The van der Waals surface area contributed by atoms with Crippen LogP contribution in [0, 0.1) is 13.8 Å². The molecule has 20 heavy (non-hydrogen) atoms. The first kappa shape index (κ1) is 14.8. The van der Waals surface area contributed by atoms with E-state index in [2.05, 4.69) is 56.4 Å². The van der Waals surface area contributed by atoms with Crippen LogP contribution in [0.2, 0.25) is 0 Å². The quantitative estimate of drug-likeness (QED) is 0.868. The summed E-state index contributed by atoms with van der Waals surface area (Å²) >= 11 is 0. The van der Waals surface area contributed by atoms with Crippen molar-refractivity contribution in [1.82, 2.24) is 5.32 Å². The Kier molecular flexibility index (Phi) is 4.94. The molecule has 0 aliphatic rings. The maximum atomic E-state index is 9.03. The van der Waals surface area contributed by atoms with Crippen LogP contribution >= 0.6 is 0 Å². The molecule has 0 bridgehead atoms. The van der Waals surface area contributed by atoms with Crippen molar-refractivity contribution >= 4 is 0 Å². The number of aliphatic hydroxyl groups is 1. The Bertz CT molecular complexity index is 560. The molecule has 0 spiro atoms. The van der Waals surface area contributed by atoms with Crippen LogP contribution in [0.15, 0.2) is 42.5 Å². The summed E-state index contributed by atoms with van der Waals surface area (Å²) in [6, 6.07) is 15.0. The molecule has 0 amide bonds. The van der Waals surface area contributed by atoms with Gasteiger partial charge in [0.15, 0.2) is 0 Å². The minimum Gasteiger partial charge on any atom is -0.392 e. The van der Waals surface area contributed by atoms with Gasteiger partial charge in [-0.15, -0.1) is 0 Å². The number of benzene rings is 2. The van der Waals surface area contributed by atoms with E-state index >= 15 is 0 Å². The van der Waals surface area contributed by atoms with Crippen molar-refractivity contribution in [2.45, 2.75) is 40.0 Å². The molecule has 0 radical (unpaired) electrons. The molecular weight excluding hydrogens is 246 g/mol. The lowest BCUT2D eigenvalue weighted by molar-refractivity contribution is 0.282. The molecule has 2 aromatic carbocycles. The monoisotopic (exact) mass is 269 g/mol. The summed E-state index contributed by atoms with van der Waals surface area (Å²) in [5.41, 5.74) is 6.18. The zero-order valence-corrected chi connectivity index (χ0v) is 12.5. The van der Waals surface area contributed by atoms with E-state index in [4.69, 9.17) is 5.11 Å². The summed E-state index contributed by atoms with van der Waals surface area (Å²) in [7, 11) is 0. The van der Waals surface area contributed by atoms with E-state index in [9.17, 15) is 0 Å². The van der Waals surface area contributed by atoms with Gasteiger partial charge in [-0.25, -0.2) is 0 Å². The van der Waals surface area contributed by atoms with Crippen LogP contribution in [0.3, 0.4) is 0 Å². The van der Waals surface area contributed by atoms with Gasteiger partial charge in [-0.3, -0.25) is 0 Å². The third-order valence-corrected chi connectivity index (χ3v) is 3.71. The molecule has 2 aromatic rings. The zero-order chi connectivity index (χ0) is 14.5. The summed E-state index contributed by atoms with van der Waals surface area (Å²) in [6.07, 6.45) is 0. The Morgan fingerprint density at radius 1 is 1.00 bits per heavy atom. The van der Waals surface area contributed by atoms with Crippen molar-refractivity contribution in [2.24, 2.45) is 0 Å². The normalized spacial score (nSPS) is 12.4. The molecule has 1 unspecified atom stereocenters. The van der Waals surface area contributed by atoms with Crippen LogP contribution in [0.25, 0.3) is 0 Å². The Morgan fingerprint density at radius 2 is 1.65 bits per heavy atom. The molecule has 0 aliphatic heterocycles. The number of hydrogen-bond donors (Lipinski definition) is 2. The predicted octanol–water partition coefficient (Wildman–Crippen LogP) is 3.65. The van der Waals surface area contributed by atoms with Crippen LogP contribution in [-0.4, -0.2) is 5.11 Å². The van der Waals surface area contributed by atoms with Gasteiger partial charge < -0.3 is 10.4 Å². The van der Waals surface area contributed by atoms with E-state index in [0.717, 1.165) is 12.1 Å². The molecule has 2 nitrogen and oxygen atoms in total. The van der Waals surface area contributed by atoms with Gasteiger partial charge in [0.1, 0.15) is 0 Å². The van der Waals surface area contributed by atoms with E-state index in [1.54, 1.807) is 0 Å². The van der Waals surface area contributed by atoms with Crippen LogP contribution < -0.4 is 5.32 Å². The Balaban J connectivity index is 1.98. The second kappa shape index (κ2) is 6.69. The molecule has 2 heteroatoms. The summed E-state index contributed by atoms with van der Waals surface area (Å²) in [4.78, 5) is 0. The van der Waals surface area contributed by atoms with Crippen LogP contribution in [-0.2, 0) is 13.2 Å². The molecule has 2 N–H and O–H groups in total. The molecule has 0 aromatic heterocycles. The molecule has 0 aliphatic carbocycles. The van der Waals surface area contributed by atoms with Crippen molar-refractivity contribution in [3.05, 3.63) is 70.3 Å². The Labute approximate surface area is 121 Å². The zero-order valence-electron chi connectivity index (χ0n) is 12.5. The number of hydrogen-bond acceptors (Lipinski definition) is 2. The van der Waals surface area contributed by atoms with Crippen molar-refractivity contribution in [1.29, 1.82) is 0 Å². The lowest BCUT2D eigenvalue weighted by atomic mass is 10.00. The highest BCUT2D eigenvalue weighted by atomic mass is 16.3. The first-order chi connectivity index (χ1) is 9.60. The first-order valence-electron chi connectivity index (χ1n) is 7.09. The third kappa shape index (κ3) is 3.69. The van der Waals surface area contributed by atoms with Gasteiger partial charge >= 0.3 is 0 Å². The number of aryl methyl sites for hydroxylation is 2. The molecule has 2 rings (SSSR count). The van der Waals surface area contributed by atoms with Gasteiger partial charge in [-0.05, 0) is 43.0 Å². The predicted molar refractivity (Wildman–Crippen MR) is 83.5 cm³/mol. The average Bonchev–Trinajstić information content (AvgIpc) is 2.45. The topological polar surface area (TPSA) is 32.3 Å². The van der Waals surface area contributed by atoms with Crippen LogP contribution in [0.5, 0.6) is 0 Å². The molecule has 106 valence electrons. The summed E-state index contributed by atoms with van der Waals surface area (Å²) in [5.74, 6) is 0. The second-order valence-electron chi connectivity index (χ2n) is 5.44. The Hall–Kier alpha value is -1.64. The third-order valence-electron chi connectivity index (χ3n) is 3.71. The SMILES string of the molecule is Cc1ccc(C(C)NCc2ccc(CO)cc2)c(C)c1. The lowest BCUT2D eigenvalue weighted by Gasteiger charge is -2.17. The number of nitrogens with one attached hydrogen (secondary N) is 1. The smallest absolute Gasteiger partial charge is 0.0681 e. The largest absolute Gasteiger partial charge is 0.392 e. The molecule has 0 saturated carbocycles. The number of rotatable bonds is 5. The van der Waals surface area contributed by atoms with E-state index < -0.39 is 0 Å². The van der Waals surface area contributed by atoms with E-state index in [1.807, 2.05) is 12.1 Å². The Morgan fingerprint density at radius 3 is 2.25 bits per heavy atom. The van der Waals surface area contributed by atoms with Gasteiger partial charge in [0, 0.05) is 12.6 Å². The average molecular weight is 269 g/mol. The summed E-state index contributed by atoms with van der Waals surface area (Å²) < 4.78 is 0. The fourth-order valence-corrected chi connectivity index (χ4v) is 2.45. The van der Waals surface area contributed by atoms with Gasteiger partial charge in [-0.2, -0.15) is 0 Å². The highest BCUT2D eigenvalue weighted by Gasteiger charge is 2.07. The van der Waals surface area contributed by atoms with E-state index in [1.165, 1.54) is 22.3 Å². The maximum absolute atomic E-state index is 9.03. The molecular formula is C18H23NO. The maximum Gasteiger partial charge on any atom is 0.0681 e. The molecule has 0 heterocycles. The van der Waals surface area contributed by atoms with Crippen molar-refractivity contribution in [3.63, 3.8) is 0 Å². The highest BCUT2D eigenvalue weighted by Crippen LogP contribution is 2.19. The van der Waals surface area contributed by atoms with Crippen LogP contribution in [0.1, 0.15) is 40.8 Å².